The SMILES string of the molecule is CC[C@H](C)[C@H](CO)N1C(=O)[C@@H]2[C@H]3C(=O)OCCC=C[C@@]3(CC)O[C@@]23C=CCN(c2c(C)cccc2Cl)C(=O)C13. The molecule has 1 aromatic carbocycles. The third kappa shape index (κ3) is 4.06. The van der Waals surface area contributed by atoms with Gasteiger partial charge in [0.05, 0.1) is 35.9 Å². The largest absolute Gasteiger partial charge is 0.465 e. The lowest BCUT2D eigenvalue weighted by Gasteiger charge is -2.42. The number of aryl methyl sites for hydroxylation is 1. The molecular formula is C30H37ClN2O6. The minimum atomic E-state index is -1.42. The molecule has 2 fully saturated rings. The lowest BCUT2D eigenvalue weighted by atomic mass is 9.73. The van der Waals surface area contributed by atoms with Gasteiger partial charge in [-0.25, -0.2) is 0 Å². The fourth-order valence-corrected chi connectivity index (χ4v) is 7.33. The molecule has 7 atom stereocenters. The van der Waals surface area contributed by atoms with Gasteiger partial charge in [-0.3, -0.25) is 14.4 Å². The fourth-order valence-electron chi connectivity index (χ4n) is 7.00. The molecule has 4 aliphatic rings. The van der Waals surface area contributed by atoms with E-state index in [0.717, 1.165) is 5.56 Å². The molecule has 0 radical (unpaired) electrons. The molecule has 0 saturated carbocycles. The van der Waals surface area contributed by atoms with Gasteiger partial charge in [0.15, 0.2) is 0 Å². The van der Waals surface area contributed by atoms with Crippen molar-refractivity contribution in [3.8, 4) is 0 Å². The highest BCUT2D eigenvalue weighted by Crippen LogP contribution is 2.59. The molecule has 5 rings (SSSR count). The minimum Gasteiger partial charge on any atom is -0.465 e. The van der Waals surface area contributed by atoms with Crippen molar-refractivity contribution in [2.45, 2.75) is 70.2 Å². The highest BCUT2D eigenvalue weighted by atomic mass is 35.5. The normalized spacial score (nSPS) is 33.6. The number of carbonyl (C=O) groups excluding carboxylic acids is 3. The van der Waals surface area contributed by atoms with Crippen molar-refractivity contribution in [3.63, 3.8) is 0 Å². The highest BCUT2D eigenvalue weighted by molar-refractivity contribution is 6.34. The molecule has 39 heavy (non-hydrogen) atoms. The topological polar surface area (TPSA) is 96.4 Å². The van der Waals surface area contributed by atoms with E-state index in [1.54, 1.807) is 17.0 Å². The van der Waals surface area contributed by atoms with Crippen LogP contribution in [-0.4, -0.2) is 70.8 Å². The van der Waals surface area contributed by atoms with E-state index in [1.165, 1.54) is 4.90 Å². The number of ether oxygens (including phenoxy) is 2. The molecule has 0 bridgehead atoms. The number of anilines is 1. The third-order valence-electron chi connectivity index (χ3n) is 9.14. The molecule has 4 heterocycles. The quantitative estimate of drug-likeness (QED) is 0.423. The summed E-state index contributed by atoms with van der Waals surface area (Å²) in [6.45, 7) is 7.84. The molecule has 2 amide bonds. The van der Waals surface area contributed by atoms with Crippen LogP contribution in [0, 0.1) is 24.7 Å². The highest BCUT2D eigenvalue weighted by Gasteiger charge is 2.76. The average Bonchev–Trinajstić information content (AvgIpc) is 3.26. The maximum atomic E-state index is 14.7. The summed E-state index contributed by atoms with van der Waals surface area (Å²) in [7, 11) is 0. The first-order valence-corrected chi connectivity index (χ1v) is 14.3. The van der Waals surface area contributed by atoms with Gasteiger partial charge in [-0.05, 0) is 37.3 Å². The zero-order chi connectivity index (χ0) is 28.1. The third-order valence-corrected chi connectivity index (χ3v) is 9.45. The van der Waals surface area contributed by atoms with E-state index in [2.05, 4.69) is 0 Å². The van der Waals surface area contributed by atoms with Gasteiger partial charge < -0.3 is 24.4 Å². The molecule has 0 aliphatic carbocycles. The molecule has 8 nitrogen and oxygen atoms in total. The van der Waals surface area contributed by atoms with E-state index in [-0.39, 0.29) is 37.5 Å². The predicted octanol–water partition coefficient (Wildman–Crippen LogP) is 3.82. The Morgan fingerprint density at radius 2 is 1.90 bits per heavy atom. The summed E-state index contributed by atoms with van der Waals surface area (Å²) in [4.78, 5) is 45.9. The fraction of sp³-hybridized carbons (Fsp3) is 0.567. The molecule has 1 spiro atoms. The Balaban J connectivity index is 1.73. The van der Waals surface area contributed by atoms with Gasteiger partial charge in [-0.1, -0.05) is 75.2 Å². The number of nitrogens with zero attached hydrogens (tertiary/aromatic N) is 2. The van der Waals surface area contributed by atoms with E-state index < -0.39 is 41.1 Å². The Hall–Kier alpha value is -2.68. The van der Waals surface area contributed by atoms with Crippen LogP contribution in [0.15, 0.2) is 42.5 Å². The number of aliphatic hydroxyl groups is 1. The number of amides is 2. The Bertz CT molecular complexity index is 1210. The second kappa shape index (κ2) is 10.4. The maximum Gasteiger partial charge on any atom is 0.313 e. The van der Waals surface area contributed by atoms with Crippen molar-refractivity contribution in [2.75, 3.05) is 24.7 Å². The zero-order valence-electron chi connectivity index (χ0n) is 22.9. The molecule has 0 aromatic heterocycles. The van der Waals surface area contributed by atoms with E-state index in [9.17, 15) is 19.5 Å². The summed E-state index contributed by atoms with van der Waals surface area (Å²) in [5, 5.41) is 11.0. The number of carbonyl (C=O) groups is 3. The summed E-state index contributed by atoms with van der Waals surface area (Å²) < 4.78 is 12.5. The number of hydrogen-bond donors (Lipinski definition) is 1. The van der Waals surface area contributed by atoms with Crippen molar-refractivity contribution in [3.05, 3.63) is 53.1 Å². The molecule has 1 N–H and O–H groups in total. The van der Waals surface area contributed by atoms with Crippen LogP contribution in [0.2, 0.25) is 5.02 Å². The minimum absolute atomic E-state index is 0.106. The van der Waals surface area contributed by atoms with E-state index >= 15 is 0 Å². The molecular weight excluding hydrogens is 520 g/mol. The Morgan fingerprint density at radius 3 is 2.56 bits per heavy atom. The van der Waals surface area contributed by atoms with Gasteiger partial charge in [-0.15, -0.1) is 0 Å². The van der Waals surface area contributed by atoms with Crippen molar-refractivity contribution in [1.82, 2.24) is 4.90 Å². The molecule has 2 saturated heterocycles. The van der Waals surface area contributed by atoms with E-state index in [0.29, 0.717) is 30.0 Å². The molecule has 210 valence electrons. The standard InChI is InChI=1S/C30H37ClN2O6/c1-5-18(3)21(17-34)33-25-27(36)32(24-19(4)11-9-12-20(24)31)15-10-14-30(25)22(26(33)35)23-28(37)38-16-8-7-13-29(23,6-2)39-30/h7,9-14,18,21-23,25,34H,5-6,8,15-17H2,1-4H3/t18-,21-,22-,23-,25?,29+,30-/m0/s1. The van der Waals surface area contributed by atoms with Gasteiger partial charge >= 0.3 is 5.97 Å². The Kier molecular flexibility index (Phi) is 7.42. The van der Waals surface area contributed by atoms with Crippen LogP contribution in [0.1, 0.15) is 45.6 Å². The first kappa shape index (κ1) is 27.9. The van der Waals surface area contributed by atoms with Crippen molar-refractivity contribution in [2.24, 2.45) is 17.8 Å². The first-order valence-electron chi connectivity index (χ1n) is 13.9. The Labute approximate surface area is 234 Å². The van der Waals surface area contributed by atoms with Crippen LogP contribution in [0.4, 0.5) is 5.69 Å². The second-order valence-corrected chi connectivity index (χ2v) is 11.5. The molecule has 4 aliphatic heterocycles. The number of rotatable bonds is 6. The van der Waals surface area contributed by atoms with Gasteiger partial charge in [0.1, 0.15) is 23.2 Å². The number of aliphatic hydroxyl groups excluding tert-OH is 1. The number of cyclic esters (lactones) is 1. The van der Waals surface area contributed by atoms with Crippen molar-refractivity contribution >= 4 is 35.1 Å². The van der Waals surface area contributed by atoms with Crippen LogP contribution in [0.5, 0.6) is 0 Å². The van der Waals surface area contributed by atoms with Crippen LogP contribution in [-0.2, 0) is 23.9 Å². The first-order chi connectivity index (χ1) is 18.7. The molecule has 9 heteroatoms. The summed E-state index contributed by atoms with van der Waals surface area (Å²) in [6.07, 6.45) is 9.10. The number of para-hydroxylation sites is 1. The number of fused-ring (bicyclic) bond motifs is 2. The van der Waals surface area contributed by atoms with Crippen LogP contribution in [0.3, 0.4) is 0 Å². The maximum absolute atomic E-state index is 14.7. The number of halogens is 1. The van der Waals surface area contributed by atoms with E-state index in [1.807, 2.05) is 58.1 Å². The van der Waals surface area contributed by atoms with Gasteiger partial charge in [0.2, 0.25) is 5.91 Å². The predicted molar refractivity (Wildman–Crippen MR) is 147 cm³/mol. The van der Waals surface area contributed by atoms with Gasteiger partial charge in [0, 0.05) is 6.54 Å². The summed E-state index contributed by atoms with van der Waals surface area (Å²) in [5.41, 5.74) is -1.14. The van der Waals surface area contributed by atoms with E-state index in [4.69, 9.17) is 21.1 Å². The van der Waals surface area contributed by atoms with Crippen LogP contribution >= 0.6 is 11.6 Å². The number of benzene rings is 1. The number of likely N-dealkylation sites (tertiary alicyclic amines) is 1. The summed E-state index contributed by atoms with van der Waals surface area (Å²) in [5.74, 6) is -3.24. The summed E-state index contributed by atoms with van der Waals surface area (Å²) >= 11 is 6.62. The second-order valence-electron chi connectivity index (χ2n) is 11.1. The molecule has 1 unspecified atom stereocenters. The average molecular weight is 557 g/mol. The van der Waals surface area contributed by atoms with Crippen molar-refractivity contribution < 1.29 is 29.0 Å². The van der Waals surface area contributed by atoms with Gasteiger partial charge in [0.25, 0.3) is 5.91 Å². The molecule has 1 aromatic rings. The zero-order valence-corrected chi connectivity index (χ0v) is 23.7. The monoisotopic (exact) mass is 556 g/mol. The summed E-state index contributed by atoms with van der Waals surface area (Å²) in [6, 6.07) is 3.70. The lowest BCUT2D eigenvalue weighted by molar-refractivity contribution is -0.162. The van der Waals surface area contributed by atoms with Crippen molar-refractivity contribution in [1.29, 1.82) is 0 Å². The number of hydrogen-bond acceptors (Lipinski definition) is 6. The lowest BCUT2D eigenvalue weighted by Crippen LogP contribution is -2.60. The van der Waals surface area contributed by atoms with Crippen LogP contribution in [0.25, 0.3) is 0 Å². The van der Waals surface area contributed by atoms with Crippen LogP contribution < -0.4 is 4.90 Å². The number of esters is 1. The smallest absolute Gasteiger partial charge is 0.313 e. The Morgan fingerprint density at radius 1 is 1.13 bits per heavy atom. The van der Waals surface area contributed by atoms with Gasteiger partial charge in [-0.2, -0.15) is 0 Å².